The van der Waals surface area contributed by atoms with Gasteiger partial charge in [0.25, 0.3) is 5.91 Å². The zero-order chi connectivity index (χ0) is 15.0. The number of methoxy groups -OCH3 is 1. The number of benzene rings is 1. The summed E-state index contributed by atoms with van der Waals surface area (Å²) in [5.74, 6) is 1.03. The van der Waals surface area contributed by atoms with E-state index < -0.39 is 0 Å². The molecular weight excluding hydrogens is 360 g/mol. The van der Waals surface area contributed by atoms with Crippen molar-refractivity contribution in [2.45, 2.75) is 13.3 Å². The molecule has 1 amide bonds. The van der Waals surface area contributed by atoms with E-state index in [1.807, 2.05) is 14.0 Å². The van der Waals surface area contributed by atoms with Crippen molar-refractivity contribution in [3.63, 3.8) is 0 Å². The van der Waals surface area contributed by atoms with E-state index in [1.54, 1.807) is 19.2 Å². The second-order valence-corrected chi connectivity index (χ2v) is 4.99. The Kier molecular flexibility index (Phi) is 10.2. The van der Waals surface area contributed by atoms with E-state index in [0.29, 0.717) is 34.7 Å². The lowest BCUT2D eigenvalue weighted by Crippen LogP contribution is -2.26. The van der Waals surface area contributed by atoms with Gasteiger partial charge in [-0.05, 0) is 55.0 Å². The molecular formula is C14H22BrClN2O3. The van der Waals surface area contributed by atoms with E-state index in [1.165, 1.54) is 0 Å². The van der Waals surface area contributed by atoms with Crippen LogP contribution in [0.5, 0.6) is 11.5 Å². The zero-order valence-corrected chi connectivity index (χ0v) is 14.9. The number of carbonyl (C=O) groups is 1. The summed E-state index contributed by atoms with van der Waals surface area (Å²) < 4.78 is 11.5. The Balaban J connectivity index is 0.00000400. The lowest BCUT2D eigenvalue weighted by atomic mass is 10.2. The smallest absolute Gasteiger partial charge is 0.251 e. The molecule has 0 aromatic heterocycles. The second kappa shape index (κ2) is 10.7. The van der Waals surface area contributed by atoms with Crippen LogP contribution < -0.4 is 20.1 Å². The summed E-state index contributed by atoms with van der Waals surface area (Å²) in [4.78, 5) is 12.0. The summed E-state index contributed by atoms with van der Waals surface area (Å²) in [6, 6.07) is 3.42. The molecule has 0 saturated heterocycles. The molecule has 0 spiro atoms. The largest absolute Gasteiger partial charge is 0.493 e. The van der Waals surface area contributed by atoms with Crippen LogP contribution in [-0.2, 0) is 0 Å². The molecule has 0 aliphatic rings. The van der Waals surface area contributed by atoms with Gasteiger partial charge in [0, 0.05) is 12.1 Å². The first-order valence-corrected chi connectivity index (χ1v) is 7.36. The molecule has 0 unspecified atom stereocenters. The normalized spacial score (nSPS) is 9.71. The summed E-state index contributed by atoms with van der Waals surface area (Å²) >= 11 is 3.41. The predicted molar refractivity (Wildman–Crippen MR) is 90.0 cm³/mol. The number of rotatable bonds is 8. The Bertz CT molecular complexity index is 458. The molecule has 2 N–H and O–H groups in total. The maximum atomic E-state index is 12.0. The number of carbonyl (C=O) groups excluding carboxylic acids is 1. The fourth-order valence-corrected chi connectivity index (χ4v) is 2.26. The third-order valence-electron chi connectivity index (χ3n) is 2.67. The molecule has 0 aliphatic carbocycles. The fourth-order valence-electron chi connectivity index (χ4n) is 1.70. The molecule has 1 aromatic rings. The van der Waals surface area contributed by atoms with E-state index in [2.05, 4.69) is 26.6 Å². The standard InChI is InChI=1S/C14H21BrN2O3.ClH/c1-4-20-13-11(15)8-10(9-12(13)19-3)14(18)17-7-5-6-16-2;/h8-9,16H,4-7H2,1-3H3,(H,17,18);1H. The van der Waals surface area contributed by atoms with Crippen molar-refractivity contribution in [3.05, 3.63) is 22.2 Å². The van der Waals surface area contributed by atoms with Gasteiger partial charge in [0.1, 0.15) is 0 Å². The number of hydrogen-bond acceptors (Lipinski definition) is 4. The molecule has 0 heterocycles. The molecule has 0 fully saturated rings. The molecule has 0 saturated carbocycles. The first kappa shape index (κ1) is 20.0. The number of hydrogen-bond donors (Lipinski definition) is 2. The Morgan fingerprint density at radius 1 is 1.33 bits per heavy atom. The van der Waals surface area contributed by atoms with Crippen molar-refractivity contribution in [1.29, 1.82) is 0 Å². The summed E-state index contributed by atoms with van der Waals surface area (Å²) in [5, 5.41) is 5.90. The molecule has 0 radical (unpaired) electrons. The first-order chi connectivity index (χ1) is 9.63. The zero-order valence-electron chi connectivity index (χ0n) is 12.5. The van der Waals surface area contributed by atoms with Gasteiger partial charge < -0.3 is 20.1 Å². The van der Waals surface area contributed by atoms with Gasteiger partial charge in [-0.3, -0.25) is 4.79 Å². The Morgan fingerprint density at radius 3 is 2.62 bits per heavy atom. The highest BCUT2D eigenvalue weighted by molar-refractivity contribution is 9.10. The number of amides is 1. The summed E-state index contributed by atoms with van der Waals surface area (Å²) in [6.45, 7) is 3.93. The van der Waals surface area contributed by atoms with Crippen LogP contribution in [0.3, 0.4) is 0 Å². The lowest BCUT2D eigenvalue weighted by Gasteiger charge is -2.13. The molecule has 0 bridgehead atoms. The number of nitrogens with one attached hydrogen (secondary N) is 2. The van der Waals surface area contributed by atoms with Gasteiger partial charge in [0.05, 0.1) is 18.2 Å². The van der Waals surface area contributed by atoms with Gasteiger partial charge in [0.2, 0.25) is 0 Å². The Morgan fingerprint density at radius 2 is 2.05 bits per heavy atom. The number of ether oxygens (including phenoxy) is 2. The minimum Gasteiger partial charge on any atom is -0.493 e. The highest BCUT2D eigenvalue weighted by atomic mass is 79.9. The van der Waals surface area contributed by atoms with Crippen molar-refractivity contribution in [2.75, 3.05) is 33.9 Å². The lowest BCUT2D eigenvalue weighted by molar-refractivity contribution is 0.0953. The van der Waals surface area contributed by atoms with Crippen LogP contribution >= 0.6 is 28.3 Å². The highest BCUT2D eigenvalue weighted by Gasteiger charge is 2.15. The van der Waals surface area contributed by atoms with Crippen molar-refractivity contribution in [1.82, 2.24) is 10.6 Å². The van der Waals surface area contributed by atoms with E-state index in [0.717, 1.165) is 13.0 Å². The third-order valence-corrected chi connectivity index (χ3v) is 3.26. The molecule has 1 aromatic carbocycles. The van der Waals surface area contributed by atoms with Gasteiger partial charge >= 0.3 is 0 Å². The van der Waals surface area contributed by atoms with Crippen LogP contribution in [0.15, 0.2) is 16.6 Å². The fraction of sp³-hybridized carbons (Fsp3) is 0.500. The molecule has 7 heteroatoms. The summed E-state index contributed by atoms with van der Waals surface area (Å²) in [5.41, 5.74) is 0.543. The monoisotopic (exact) mass is 380 g/mol. The molecule has 120 valence electrons. The van der Waals surface area contributed by atoms with Crippen molar-refractivity contribution in [2.24, 2.45) is 0 Å². The molecule has 1 rings (SSSR count). The second-order valence-electron chi connectivity index (χ2n) is 4.14. The maximum Gasteiger partial charge on any atom is 0.251 e. The van der Waals surface area contributed by atoms with Gasteiger partial charge in [0.15, 0.2) is 11.5 Å². The van der Waals surface area contributed by atoms with Crippen LogP contribution in [0.1, 0.15) is 23.7 Å². The molecule has 5 nitrogen and oxygen atoms in total. The minimum absolute atomic E-state index is 0. The Hall–Kier alpha value is -0.980. The van der Waals surface area contributed by atoms with Gasteiger partial charge in [-0.25, -0.2) is 0 Å². The van der Waals surface area contributed by atoms with Crippen molar-refractivity contribution < 1.29 is 14.3 Å². The van der Waals surface area contributed by atoms with Crippen LogP contribution in [0.25, 0.3) is 0 Å². The van der Waals surface area contributed by atoms with Crippen LogP contribution in [0.4, 0.5) is 0 Å². The van der Waals surface area contributed by atoms with E-state index >= 15 is 0 Å². The van der Waals surface area contributed by atoms with Crippen LogP contribution in [0.2, 0.25) is 0 Å². The topological polar surface area (TPSA) is 59.6 Å². The molecule has 21 heavy (non-hydrogen) atoms. The minimum atomic E-state index is -0.122. The van der Waals surface area contributed by atoms with E-state index in [4.69, 9.17) is 9.47 Å². The first-order valence-electron chi connectivity index (χ1n) is 6.57. The van der Waals surface area contributed by atoms with Gasteiger partial charge in [-0.2, -0.15) is 0 Å². The van der Waals surface area contributed by atoms with Crippen LogP contribution in [0, 0.1) is 0 Å². The SMILES string of the molecule is CCOc1c(Br)cc(C(=O)NCCCNC)cc1OC.Cl. The van der Waals surface area contributed by atoms with E-state index in [-0.39, 0.29) is 18.3 Å². The number of halogens is 2. The summed E-state index contributed by atoms with van der Waals surface area (Å²) in [6.07, 6.45) is 0.886. The van der Waals surface area contributed by atoms with Gasteiger partial charge in [-0.15, -0.1) is 12.4 Å². The van der Waals surface area contributed by atoms with E-state index in [9.17, 15) is 4.79 Å². The molecule has 0 aliphatic heterocycles. The third kappa shape index (κ3) is 6.11. The van der Waals surface area contributed by atoms with Gasteiger partial charge in [-0.1, -0.05) is 0 Å². The predicted octanol–water partition coefficient (Wildman–Crippen LogP) is 2.62. The maximum absolute atomic E-state index is 12.0. The molecule has 0 atom stereocenters. The van der Waals surface area contributed by atoms with Crippen molar-refractivity contribution in [3.8, 4) is 11.5 Å². The highest BCUT2D eigenvalue weighted by Crippen LogP contribution is 2.36. The van der Waals surface area contributed by atoms with Crippen molar-refractivity contribution >= 4 is 34.2 Å². The average Bonchev–Trinajstić information content (AvgIpc) is 2.45. The summed E-state index contributed by atoms with van der Waals surface area (Å²) in [7, 11) is 3.44. The Labute approximate surface area is 140 Å². The van der Waals surface area contributed by atoms with Crippen LogP contribution in [-0.4, -0.2) is 39.8 Å². The quantitative estimate of drug-likeness (QED) is 0.680. The average molecular weight is 382 g/mol.